The molecule has 0 radical (unpaired) electrons. The Labute approximate surface area is 140 Å². The van der Waals surface area contributed by atoms with Gasteiger partial charge in [0.25, 0.3) is 0 Å². The van der Waals surface area contributed by atoms with Crippen LogP contribution in [0.4, 0.5) is 0 Å². The average Bonchev–Trinajstić information content (AvgIpc) is 2.94. The number of thiophene rings is 1. The lowest BCUT2D eigenvalue weighted by molar-refractivity contribution is 0.204. The molecule has 0 aliphatic heterocycles. The van der Waals surface area contributed by atoms with Gasteiger partial charge in [0.2, 0.25) is 0 Å². The van der Waals surface area contributed by atoms with E-state index in [2.05, 4.69) is 74.8 Å². The van der Waals surface area contributed by atoms with Gasteiger partial charge in [-0.3, -0.25) is 4.99 Å². The van der Waals surface area contributed by atoms with Crippen LogP contribution in [-0.4, -0.2) is 50.1 Å². The van der Waals surface area contributed by atoms with E-state index in [1.807, 2.05) is 11.3 Å². The molecule has 4 nitrogen and oxygen atoms in total. The molecule has 1 rings (SSSR count). The Hall–Kier alpha value is -1.07. The van der Waals surface area contributed by atoms with Crippen molar-refractivity contribution in [3.05, 3.63) is 22.4 Å². The smallest absolute Gasteiger partial charge is 0.191 e. The highest BCUT2D eigenvalue weighted by atomic mass is 32.1. The number of likely N-dealkylation sites (N-methyl/N-ethyl adjacent to an activating group) is 1. The van der Waals surface area contributed by atoms with Crippen LogP contribution in [-0.2, 0) is 6.42 Å². The van der Waals surface area contributed by atoms with Gasteiger partial charge >= 0.3 is 0 Å². The fourth-order valence-electron chi connectivity index (χ4n) is 1.87. The largest absolute Gasteiger partial charge is 0.357 e. The van der Waals surface area contributed by atoms with E-state index in [1.54, 1.807) is 0 Å². The van der Waals surface area contributed by atoms with Crippen LogP contribution < -0.4 is 10.6 Å². The van der Waals surface area contributed by atoms with E-state index in [0.29, 0.717) is 5.92 Å². The van der Waals surface area contributed by atoms with Gasteiger partial charge in [0.15, 0.2) is 5.96 Å². The topological polar surface area (TPSA) is 39.7 Å². The van der Waals surface area contributed by atoms with Crippen LogP contribution in [0.15, 0.2) is 22.5 Å². The first-order valence-electron chi connectivity index (χ1n) is 8.07. The van der Waals surface area contributed by atoms with Crippen molar-refractivity contribution in [1.82, 2.24) is 15.5 Å². The summed E-state index contributed by atoms with van der Waals surface area (Å²) < 4.78 is 0. The Morgan fingerprint density at radius 2 is 2.09 bits per heavy atom. The van der Waals surface area contributed by atoms with Gasteiger partial charge in [0, 0.05) is 23.5 Å². The van der Waals surface area contributed by atoms with Gasteiger partial charge in [-0.2, -0.15) is 0 Å². The predicted octanol–water partition coefficient (Wildman–Crippen LogP) is 2.82. The van der Waals surface area contributed by atoms with E-state index in [1.165, 1.54) is 4.88 Å². The lowest BCUT2D eigenvalue weighted by Crippen LogP contribution is -2.44. The van der Waals surface area contributed by atoms with E-state index in [4.69, 9.17) is 4.99 Å². The van der Waals surface area contributed by atoms with Crippen molar-refractivity contribution in [2.45, 2.75) is 39.7 Å². The van der Waals surface area contributed by atoms with Crippen LogP contribution >= 0.6 is 11.3 Å². The number of nitrogens with zero attached hydrogens (tertiary/aromatic N) is 2. The van der Waals surface area contributed by atoms with Gasteiger partial charge in [-0.15, -0.1) is 11.3 Å². The number of guanidine groups is 1. The normalized spacial score (nSPS) is 14.2. The van der Waals surface area contributed by atoms with Crippen molar-refractivity contribution in [2.24, 2.45) is 10.9 Å². The van der Waals surface area contributed by atoms with Crippen LogP contribution in [0, 0.1) is 5.92 Å². The first-order valence-corrected chi connectivity index (χ1v) is 8.95. The number of hydrogen-bond donors (Lipinski definition) is 2. The van der Waals surface area contributed by atoms with Crippen LogP contribution in [0.2, 0.25) is 0 Å². The third-order valence-electron chi connectivity index (χ3n) is 3.93. The molecule has 5 heteroatoms. The third-order valence-corrected chi connectivity index (χ3v) is 4.83. The maximum Gasteiger partial charge on any atom is 0.191 e. The minimum atomic E-state index is 0.0605. The molecule has 1 heterocycles. The molecule has 2 N–H and O–H groups in total. The summed E-state index contributed by atoms with van der Waals surface area (Å²) in [7, 11) is 4.19. The minimum Gasteiger partial charge on any atom is -0.357 e. The fourth-order valence-corrected chi connectivity index (χ4v) is 2.74. The van der Waals surface area contributed by atoms with Crippen molar-refractivity contribution in [3.8, 4) is 0 Å². The average molecular weight is 325 g/mol. The van der Waals surface area contributed by atoms with Gasteiger partial charge in [-0.25, -0.2) is 0 Å². The van der Waals surface area contributed by atoms with Gasteiger partial charge in [0.05, 0.1) is 6.54 Å². The van der Waals surface area contributed by atoms with Crippen LogP contribution in [0.5, 0.6) is 0 Å². The second-order valence-electron chi connectivity index (χ2n) is 6.67. The molecule has 1 aromatic heterocycles. The first-order chi connectivity index (χ1) is 10.3. The molecule has 126 valence electrons. The molecule has 0 amide bonds. The molecule has 0 aromatic carbocycles. The van der Waals surface area contributed by atoms with Crippen molar-refractivity contribution in [3.63, 3.8) is 0 Å². The highest BCUT2D eigenvalue weighted by Gasteiger charge is 2.20. The quantitative estimate of drug-likeness (QED) is 0.570. The molecule has 0 fully saturated rings. The van der Waals surface area contributed by atoms with Crippen molar-refractivity contribution in [2.75, 3.05) is 33.7 Å². The lowest BCUT2D eigenvalue weighted by Gasteiger charge is -2.31. The summed E-state index contributed by atoms with van der Waals surface area (Å²) in [6, 6.07) is 4.33. The molecule has 1 atom stereocenters. The summed E-state index contributed by atoms with van der Waals surface area (Å²) in [5.41, 5.74) is 0.0605. The third kappa shape index (κ3) is 6.79. The van der Waals surface area contributed by atoms with Crippen LogP contribution in [0.1, 0.15) is 32.6 Å². The summed E-state index contributed by atoms with van der Waals surface area (Å²) in [4.78, 5) is 8.39. The molecule has 0 saturated carbocycles. The molecule has 1 unspecified atom stereocenters. The minimum absolute atomic E-state index is 0.0605. The maximum absolute atomic E-state index is 4.73. The predicted molar refractivity (Wildman–Crippen MR) is 98.9 cm³/mol. The summed E-state index contributed by atoms with van der Waals surface area (Å²) >= 11 is 1.83. The molecule has 0 aliphatic rings. The molecule has 0 bridgehead atoms. The summed E-state index contributed by atoms with van der Waals surface area (Å²) in [5.74, 6) is 1.50. The van der Waals surface area contributed by atoms with E-state index in [9.17, 15) is 0 Å². The van der Waals surface area contributed by atoms with E-state index < -0.39 is 0 Å². The van der Waals surface area contributed by atoms with E-state index >= 15 is 0 Å². The second-order valence-corrected chi connectivity index (χ2v) is 7.70. The molecular formula is C17H32N4S. The highest BCUT2D eigenvalue weighted by molar-refractivity contribution is 7.09. The zero-order valence-corrected chi connectivity index (χ0v) is 15.8. The van der Waals surface area contributed by atoms with E-state index in [0.717, 1.165) is 32.0 Å². The molecule has 1 aromatic rings. The summed E-state index contributed by atoms with van der Waals surface area (Å²) in [6.45, 7) is 11.4. The van der Waals surface area contributed by atoms with Gasteiger partial charge in [0.1, 0.15) is 0 Å². The number of rotatable bonds is 8. The molecule has 0 saturated heterocycles. The van der Waals surface area contributed by atoms with Crippen molar-refractivity contribution in [1.29, 1.82) is 0 Å². The highest BCUT2D eigenvalue weighted by Crippen LogP contribution is 2.14. The van der Waals surface area contributed by atoms with Gasteiger partial charge in [-0.1, -0.05) is 13.0 Å². The standard InChI is InChI=1S/C17H32N4S/c1-7-18-16(20-13-17(3,4)21(5)6)19-12-14(2)11-15-9-8-10-22-15/h8-10,14H,7,11-13H2,1-6H3,(H2,18,19,20). The molecule has 0 spiro atoms. The SMILES string of the molecule is CCNC(=NCC(C)(C)N(C)C)NCC(C)Cc1cccs1. The zero-order chi connectivity index (χ0) is 16.6. The number of nitrogens with one attached hydrogen (secondary N) is 2. The molecular weight excluding hydrogens is 292 g/mol. The van der Waals surface area contributed by atoms with Crippen molar-refractivity contribution < 1.29 is 0 Å². The lowest BCUT2D eigenvalue weighted by atomic mass is 10.1. The Morgan fingerprint density at radius 3 is 2.64 bits per heavy atom. The second kappa shape index (κ2) is 9.16. The number of aliphatic imine (C=N–C) groups is 1. The Kier molecular flexibility index (Phi) is 7.90. The van der Waals surface area contributed by atoms with Gasteiger partial charge < -0.3 is 15.5 Å². The van der Waals surface area contributed by atoms with Crippen LogP contribution in [0.25, 0.3) is 0 Å². The number of hydrogen-bond acceptors (Lipinski definition) is 3. The summed E-state index contributed by atoms with van der Waals surface area (Å²) in [6.07, 6.45) is 1.12. The Bertz CT molecular complexity index is 438. The summed E-state index contributed by atoms with van der Waals surface area (Å²) in [5, 5.41) is 8.94. The Morgan fingerprint density at radius 1 is 1.36 bits per heavy atom. The monoisotopic (exact) mass is 324 g/mol. The first kappa shape index (κ1) is 19.0. The zero-order valence-electron chi connectivity index (χ0n) is 14.9. The van der Waals surface area contributed by atoms with Crippen LogP contribution in [0.3, 0.4) is 0 Å². The van der Waals surface area contributed by atoms with Gasteiger partial charge in [-0.05, 0) is 58.7 Å². The van der Waals surface area contributed by atoms with Crippen molar-refractivity contribution >= 4 is 17.3 Å². The van der Waals surface area contributed by atoms with E-state index in [-0.39, 0.29) is 5.54 Å². The maximum atomic E-state index is 4.73. The fraction of sp³-hybridized carbons (Fsp3) is 0.706. The molecule has 22 heavy (non-hydrogen) atoms. The Balaban J connectivity index is 2.49. The molecule has 0 aliphatic carbocycles.